The molecule has 3 nitrogen and oxygen atoms in total. The minimum absolute atomic E-state index is 0.349. The van der Waals surface area contributed by atoms with Crippen molar-refractivity contribution in [2.24, 2.45) is 29.1 Å². The second kappa shape index (κ2) is 5.01. The second-order valence-corrected chi connectivity index (χ2v) is 9.63. The van der Waals surface area contributed by atoms with Gasteiger partial charge in [-0.1, -0.05) is 12.1 Å². The Labute approximate surface area is 159 Å². The molecule has 4 saturated carbocycles. The van der Waals surface area contributed by atoms with Gasteiger partial charge in [0.1, 0.15) is 5.75 Å². The van der Waals surface area contributed by atoms with Crippen LogP contribution in [0.3, 0.4) is 0 Å². The third-order valence-electron chi connectivity index (χ3n) is 8.34. The molecule has 3 heteroatoms. The Hall–Kier alpha value is -2.16. The topological polar surface area (TPSA) is 35.0 Å². The Balaban J connectivity index is 1.41. The Morgan fingerprint density at radius 1 is 0.778 bits per heavy atom. The van der Waals surface area contributed by atoms with Gasteiger partial charge in [-0.05, 0) is 86.5 Å². The lowest BCUT2D eigenvalue weighted by atomic mass is 9.44. The van der Waals surface area contributed by atoms with Crippen molar-refractivity contribution in [2.75, 3.05) is 6.61 Å². The third kappa shape index (κ3) is 1.93. The van der Waals surface area contributed by atoms with Gasteiger partial charge in [0, 0.05) is 11.0 Å². The zero-order valence-corrected chi connectivity index (χ0v) is 15.5. The van der Waals surface area contributed by atoms with Crippen LogP contribution in [0.15, 0.2) is 36.4 Å². The molecule has 0 amide bonds. The lowest BCUT2D eigenvalue weighted by Crippen LogP contribution is -2.57. The van der Waals surface area contributed by atoms with Crippen LogP contribution in [0.1, 0.15) is 37.7 Å². The van der Waals surface area contributed by atoms with Gasteiger partial charge in [0.15, 0.2) is 0 Å². The number of ether oxygens (including phenoxy) is 1. The van der Waals surface area contributed by atoms with Crippen LogP contribution in [-0.4, -0.2) is 16.6 Å². The van der Waals surface area contributed by atoms with Gasteiger partial charge in [-0.2, -0.15) is 0 Å². The molecular formula is C24H24N2O. The minimum Gasteiger partial charge on any atom is -0.493 e. The van der Waals surface area contributed by atoms with Crippen LogP contribution < -0.4 is 4.74 Å². The molecule has 0 saturated heterocycles. The van der Waals surface area contributed by atoms with Gasteiger partial charge in [-0.3, -0.25) is 0 Å². The third-order valence-corrected chi connectivity index (χ3v) is 8.34. The Morgan fingerprint density at radius 2 is 1.48 bits per heavy atom. The van der Waals surface area contributed by atoms with E-state index in [0.29, 0.717) is 5.41 Å². The molecule has 4 aliphatic carbocycles. The summed E-state index contributed by atoms with van der Waals surface area (Å²) in [6.45, 7) is 0.918. The summed E-state index contributed by atoms with van der Waals surface area (Å²) in [4.78, 5) is 9.94. The fourth-order valence-electron chi connectivity index (χ4n) is 7.27. The highest BCUT2D eigenvalue weighted by Gasteiger charge is 2.58. The average Bonchev–Trinajstić information content (AvgIpc) is 2.70. The van der Waals surface area contributed by atoms with Gasteiger partial charge < -0.3 is 4.74 Å². The molecule has 27 heavy (non-hydrogen) atoms. The molecular weight excluding hydrogens is 332 g/mol. The van der Waals surface area contributed by atoms with Crippen molar-refractivity contribution in [3.8, 4) is 5.75 Å². The van der Waals surface area contributed by atoms with Gasteiger partial charge >= 0.3 is 0 Å². The number of hydrogen-bond donors (Lipinski definition) is 0. The van der Waals surface area contributed by atoms with E-state index in [-0.39, 0.29) is 0 Å². The largest absolute Gasteiger partial charge is 0.493 e. The van der Waals surface area contributed by atoms with Crippen LogP contribution in [0.2, 0.25) is 0 Å². The summed E-state index contributed by atoms with van der Waals surface area (Å²) in [7, 11) is 0. The lowest BCUT2D eigenvalue weighted by molar-refractivity contribution is -0.133. The monoisotopic (exact) mass is 356 g/mol. The molecule has 4 bridgehead atoms. The number of aromatic nitrogens is 2. The highest BCUT2D eigenvalue weighted by atomic mass is 16.5. The van der Waals surface area contributed by atoms with Crippen molar-refractivity contribution in [2.45, 2.75) is 38.5 Å². The molecule has 5 aliphatic rings. The van der Waals surface area contributed by atoms with Crippen LogP contribution in [0.5, 0.6) is 5.75 Å². The Kier molecular flexibility index (Phi) is 2.75. The summed E-state index contributed by atoms with van der Waals surface area (Å²) < 4.78 is 6.46. The molecule has 2 aromatic carbocycles. The molecule has 3 aromatic rings. The first-order valence-corrected chi connectivity index (χ1v) is 10.6. The number of para-hydroxylation sites is 2. The summed E-state index contributed by atoms with van der Waals surface area (Å²) in [6, 6.07) is 12.4. The predicted octanol–water partition coefficient (Wildman–Crippen LogP) is 5.16. The molecule has 8 rings (SSSR count). The van der Waals surface area contributed by atoms with E-state index in [2.05, 4.69) is 24.3 Å². The zero-order chi connectivity index (χ0) is 17.6. The first kappa shape index (κ1) is 14.8. The van der Waals surface area contributed by atoms with E-state index in [1.165, 1.54) is 37.7 Å². The highest BCUT2D eigenvalue weighted by Crippen LogP contribution is 2.64. The number of rotatable bonds is 0. The van der Waals surface area contributed by atoms with Gasteiger partial charge in [0.05, 0.1) is 28.7 Å². The SMILES string of the molecule is c1ccc2nc3c4c(ccc3nc2c1)OCC1(C4)C2CC3CC(C2)CC1C3. The number of fused-ring (bicyclic) bond motifs is 4. The second-order valence-electron chi connectivity index (χ2n) is 9.63. The molecule has 4 fully saturated rings. The van der Waals surface area contributed by atoms with Crippen LogP contribution in [-0.2, 0) is 6.42 Å². The van der Waals surface area contributed by atoms with Crippen molar-refractivity contribution in [3.05, 3.63) is 42.0 Å². The van der Waals surface area contributed by atoms with E-state index >= 15 is 0 Å². The molecule has 1 aliphatic heterocycles. The average molecular weight is 356 g/mol. The Bertz CT molecular complexity index is 1060. The standard InChI is InChI=1S/C24H24N2O/c1-2-4-20-19(3-1)25-21-5-6-22-18(23(21)26-20)12-24(13-27-22)16-8-14-7-15(10-16)11-17(24)9-14/h1-6,14-17H,7-13H2. The summed E-state index contributed by atoms with van der Waals surface area (Å²) in [5.41, 5.74) is 5.72. The van der Waals surface area contributed by atoms with Crippen molar-refractivity contribution >= 4 is 22.1 Å². The fourth-order valence-corrected chi connectivity index (χ4v) is 7.27. The quantitative estimate of drug-likeness (QED) is 0.522. The van der Waals surface area contributed by atoms with Crippen LogP contribution in [0, 0.1) is 29.1 Å². The van der Waals surface area contributed by atoms with Gasteiger partial charge in [-0.15, -0.1) is 0 Å². The molecule has 0 N–H and O–H groups in total. The van der Waals surface area contributed by atoms with Crippen molar-refractivity contribution < 1.29 is 4.74 Å². The van der Waals surface area contributed by atoms with E-state index in [1.807, 2.05) is 12.1 Å². The normalized spacial score (nSPS) is 36.3. The minimum atomic E-state index is 0.349. The number of hydrogen-bond acceptors (Lipinski definition) is 3. The molecule has 2 heterocycles. The molecule has 0 atom stereocenters. The van der Waals surface area contributed by atoms with Crippen LogP contribution in [0.4, 0.5) is 0 Å². The number of nitrogens with zero attached hydrogens (tertiary/aromatic N) is 2. The van der Waals surface area contributed by atoms with E-state index in [1.54, 1.807) is 0 Å². The smallest absolute Gasteiger partial charge is 0.124 e. The van der Waals surface area contributed by atoms with Crippen LogP contribution >= 0.6 is 0 Å². The first-order chi connectivity index (χ1) is 13.3. The molecule has 0 radical (unpaired) electrons. The van der Waals surface area contributed by atoms with E-state index in [0.717, 1.165) is 64.5 Å². The van der Waals surface area contributed by atoms with Crippen molar-refractivity contribution in [1.29, 1.82) is 0 Å². The van der Waals surface area contributed by atoms with Gasteiger partial charge in [0.2, 0.25) is 0 Å². The van der Waals surface area contributed by atoms with E-state index < -0.39 is 0 Å². The maximum atomic E-state index is 6.46. The molecule has 1 spiro atoms. The highest BCUT2D eigenvalue weighted by molar-refractivity contribution is 5.89. The summed E-state index contributed by atoms with van der Waals surface area (Å²) >= 11 is 0. The molecule has 1 aromatic heterocycles. The number of benzene rings is 2. The maximum Gasteiger partial charge on any atom is 0.124 e. The van der Waals surface area contributed by atoms with E-state index in [4.69, 9.17) is 14.7 Å². The van der Waals surface area contributed by atoms with Crippen molar-refractivity contribution in [1.82, 2.24) is 9.97 Å². The summed E-state index contributed by atoms with van der Waals surface area (Å²) in [5, 5.41) is 0. The molecule has 0 unspecified atom stereocenters. The van der Waals surface area contributed by atoms with Crippen molar-refractivity contribution in [3.63, 3.8) is 0 Å². The fraction of sp³-hybridized carbons (Fsp3) is 0.500. The van der Waals surface area contributed by atoms with Crippen LogP contribution in [0.25, 0.3) is 22.1 Å². The first-order valence-electron chi connectivity index (χ1n) is 10.6. The van der Waals surface area contributed by atoms with Gasteiger partial charge in [-0.25, -0.2) is 9.97 Å². The summed E-state index contributed by atoms with van der Waals surface area (Å²) in [6.07, 6.45) is 8.38. The van der Waals surface area contributed by atoms with Gasteiger partial charge in [0.25, 0.3) is 0 Å². The Morgan fingerprint density at radius 3 is 2.22 bits per heavy atom. The maximum absolute atomic E-state index is 6.46. The van der Waals surface area contributed by atoms with E-state index in [9.17, 15) is 0 Å². The lowest BCUT2D eigenvalue weighted by Gasteiger charge is -2.62. The predicted molar refractivity (Wildman–Crippen MR) is 106 cm³/mol. The summed E-state index contributed by atoms with van der Waals surface area (Å²) in [5.74, 6) is 4.74. The molecule has 136 valence electrons. The zero-order valence-electron chi connectivity index (χ0n) is 15.5.